The average Bonchev–Trinajstić information content (AvgIpc) is 1.53. The predicted octanol–water partition coefficient (Wildman–Crippen LogP) is 24.2. The van der Waals surface area contributed by atoms with E-state index in [0.29, 0.717) is 34.9 Å². The lowest BCUT2D eigenvalue weighted by molar-refractivity contribution is 0.749. The third kappa shape index (κ3) is 9.35. The zero-order valence-electron chi connectivity index (χ0n) is 57.7. The normalized spacial score (nSPS) is 13.5. The Hall–Kier alpha value is -14.3. The van der Waals surface area contributed by atoms with Gasteiger partial charge >= 0.3 is 0 Å². The Bertz CT molecular complexity index is 7020. The summed E-state index contributed by atoms with van der Waals surface area (Å²) >= 11 is 0. The van der Waals surface area contributed by atoms with E-state index in [1.807, 2.05) is 54.6 Å². The van der Waals surface area contributed by atoms with Gasteiger partial charge in [-0.15, -0.1) is 0 Å². The topological polar surface area (TPSA) is 87.2 Å². The molecule has 4 aromatic heterocycles. The molecule has 16 aromatic carbocycles. The maximum absolute atomic E-state index is 5.45. The monoisotopic (exact) mass is 1360 g/mol. The molecule has 1 atom stereocenters. The van der Waals surface area contributed by atoms with Gasteiger partial charge in [-0.05, 0) is 138 Å². The standard InChI is InChI=1S/C99H60N8/c1-4-26-63(27-5-1)93-101-96(71-35-20-32-66(56-71)68-34-22-37-73(58-68)106-87-46-18-15-42-79(87)81-53-48-62-25-11-13-39-75(62)91(81)106)103-97(102-93)72-36-21-33-67(57-72)69-51-55-89-86(59-69)99(84-45-23-43-80-78-41-16-19-47-88(78)107(89)92(80)84)83-44-17-14-40-76(83)77-52-50-70(60-85(77)99)90-74-38-12-10-24-61(74)49-54-82(90)98-104-94(64-28-6-2-7-29-64)100-95(105-98)65-30-8-3-9-31-65/h1-60H. The van der Waals surface area contributed by atoms with Crippen LogP contribution in [-0.2, 0) is 5.41 Å². The van der Waals surface area contributed by atoms with Crippen LogP contribution in [-0.4, -0.2) is 39.0 Å². The Morgan fingerprint density at radius 2 is 0.626 bits per heavy atom. The van der Waals surface area contributed by atoms with Crippen LogP contribution in [0.1, 0.15) is 22.3 Å². The molecule has 2 aliphatic rings. The number of rotatable bonds is 10. The third-order valence-electron chi connectivity index (χ3n) is 22.2. The number of benzene rings is 16. The summed E-state index contributed by atoms with van der Waals surface area (Å²) in [6.45, 7) is 0. The van der Waals surface area contributed by atoms with E-state index in [4.69, 9.17) is 29.9 Å². The van der Waals surface area contributed by atoms with Crippen LogP contribution in [0.15, 0.2) is 364 Å². The smallest absolute Gasteiger partial charge is 0.164 e. The number of nitrogens with zero attached hydrogens (tertiary/aromatic N) is 8. The molecule has 1 spiro atoms. The van der Waals surface area contributed by atoms with E-state index in [9.17, 15) is 0 Å². The predicted molar refractivity (Wildman–Crippen MR) is 437 cm³/mol. The van der Waals surface area contributed by atoms with Gasteiger partial charge in [0, 0.05) is 71.6 Å². The Morgan fingerprint density at radius 1 is 0.206 bits per heavy atom. The molecule has 107 heavy (non-hydrogen) atoms. The number of hydrogen-bond donors (Lipinski definition) is 0. The molecule has 22 rings (SSSR count). The summed E-state index contributed by atoms with van der Waals surface area (Å²) in [5.74, 6) is 3.58. The van der Waals surface area contributed by atoms with E-state index in [2.05, 4.69) is 319 Å². The highest BCUT2D eigenvalue weighted by Crippen LogP contribution is 2.62. The average molecular weight is 1360 g/mol. The summed E-state index contributed by atoms with van der Waals surface area (Å²) in [5.41, 5.74) is 25.1. The van der Waals surface area contributed by atoms with Crippen LogP contribution in [0, 0.1) is 0 Å². The van der Waals surface area contributed by atoms with Gasteiger partial charge in [0.05, 0.1) is 33.2 Å². The van der Waals surface area contributed by atoms with Crippen molar-refractivity contribution in [2.45, 2.75) is 5.41 Å². The van der Waals surface area contributed by atoms with Crippen LogP contribution in [0.2, 0.25) is 0 Å². The first-order chi connectivity index (χ1) is 53.0. The highest BCUT2D eigenvalue weighted by Gasteiger charge is 2.51. The third-order valence-corrected chi connectivity index (χ3v) is 22.2. The summed E-state index contributed by atoms with van der Waals surface area (Å²) < 4.78 is 4.95. The molecular weight excluding hydrogens is 1300 g/mol. The maximum atomic E-state index is 5.45. The van der Waals surface area contributed by atoms with Crippen molar-refractivity contribution in [3.63, 3.8) is 0 Å². The van der Waals surface area contributed by atoms with Crippen LogP contribution in [0.5, 0.6) is 0 Å². The van der Waals surface area contributed by atoms with Crippen LogP contribution in [0.4, 0.5) is 0 Å². The first-order valence-corrected chi connectivity index (χ1v) is 36.4. The number of fused-ring (bicyclic) bond motifs is 18. The Balaban J connectivity index is 0.710. The summed E-state index contributed by atoms with van der Waals surface area (Å²) in [4.78, 5) is 32.0. The minimum atomic E-state index is -0.808. The van der Waals surface area contributed by atoms with Crippen LogP contribution >= 0.6 is 0 Å². The van der Waals surface area contributed by atoms with Crippen molar-refractivity contribution in [2.24, 2.45) is 0 Å². The lowest BCUT2D eigenvalue weighted by Gasteiger charge is -2.40. The minimum Gasteiger partial charge on any atom is -0.309 e. The molecule has 0 radical (unpaired) electrons. The van der Waals surface area contributed by atoms with E-state index < -0.39 is 5.41 Å². The first-order valence-electron chi connectivity index (χ1n) is 36.4. The van der Waals surface area contributed by atoms with Gasteiger partial charge < -0.3 is 9.13 Å². The van der Waals surface area contributed by atoms with Crippen molar-refractivity contribution < 1.29 is 0 Å². The van der Waals surface area contributed by atoms with E-state index >= 15 is 0 Å². The van der Waals surface area contributed by atoms with Crippen LogP contribution in [0.25, 0.3) is 189 Å². The van der Waals surface area contributed by atoms with Crippen molar-refractivity contribution in [1.82, 2.24) is 39.0 Å². The number of para-hydroxylation sites is 3. The molecule has 496 valence electrons. The van der Waals surface area contributed by atoms with Gasteiger partial charge in [-0.3, -0.25) is 0 Å². The maximum Gasteiger partial charge on any atom is 0.164 e. The van der Waals surface area contributed by atoms with Crippen molar-refractivity contribution in [3.05, 3.63) is 386 Å². The molecule has 1 unspecified atom stereocenters. The lowest BCUT2D eigenvalue weighted by Crippen LogP contribution is -2.33. The van der Waals surface area contributed by atoms with E-state index in [1.165, 1.54) is 82.2 Å². The molecule has 8 heteroatoms. The largest absolute Gasteiger partial charge is 0.309 e. The lowest BCUT2D eigenvalue weighted by atomic mass is 9.64. The molecule has 1 aliphatic carbocycles. The fraction of sp³-hybridized carbons (Fsp3) is 0.0101. The second kappa shape index (κ2) is 23.9. The minimum absolute atomic E-state index is 0.579. The first kappa shape index (κ1) is 60.3. The molecule has 1 aliphatic heterocycles. The molecule has 0 bridgehead atoms. The van der Waals surface area contributed by atoms with Gasteiger partial charge in [0.1, 0.15) is 0 Å². The Morgan fingerprint density at radius 3 is 1.28 bits per heavy atom. The van der Waals surface area contributed by atoms with Gasteiger partial charge in [0.15, 0.2) is 34.9 Å². The molecule has 0 saturated carbocycles. The van der Waals surface area contributed by atoms with E-state index in [0.717, 1.165) is 94.4 Å². The van der Waals surface area contributed by atoms with Gasteiger partial charge in [0.25, 0.3) is 0 Å². The molecule has 0 saturated heterocycles. The van der Waals surface area contributed by atoms with Crippen LogP contribution in [0.3, 0.4) is 0 Å². The molecule has 0 amide bonds. The highest BCUT2D eigenvalue weighted by atomic mass is 15.1. The van der Waals surface area contributed by atoms with E-state index in [1.54, 1.807) is 0 Å². The van der Waals surface area contributed by atoms with E-state index in [-0.39, 0.29) is 0 Å². The SMILES string of the molecule is c1ccc(-c2nc(-c3cccc(-c4cccc(-n5c6ccccc6c6ccc7ccccc7c65)c4)c3)nc(-c3cccc(-c4ccc5c(c4)C4(c6ccccc6-c6ccc(-c7c(-c8nc(-c9ccccc9)nc(-c9ccccc9)n8)ccc8ccccc78)cc64)c4cccc6c7ccccc7n-5c46)c3)n2)cc1. The fourth-order valence-electron chi connectivity index (χ4n) is 17.5. The van der Waals surface area contributed by atoms with Crippen LogP contribution < -0.4 is 0 Å². The fourth-order valence-corrected chi connectivity index (χ4v) is 17.5. The quantitative estimate of drug-likeness (QED) is 0.136. The molecule has 5 heterocycles. The highest BCUT2D eigenvalue weighted by molar-refractivity contribution is 6.19. The van der Waals surface area contributed by atoms with Crippen molar-refractivity contribution in [2.75, 3.05) is 0 Å². The number of aromatic nitrogens is 8. The van der Waals surface area contributed by atoms with Crippen molar-refractivity contribution in [1.29, 1.82) is 0 Å². The van der Waals surface area contributed by atoms with Gasteiger partial charge in [-0.25, -0.2) is 29.9 Å². The molecule has 0 fully saturated rings. The summed E-state index contributed by atoms with van der Waals surface area (Å²) in [7, 11) is 0. The summed E-state index contributed by atoms with van der Waals surface area (Å²) in [5, 5.41) is 9.54. The second-order valence-corrected chi connectivity index (χ2v) is 28.0. The zero-order valence-corrected chi connectivity index (χ0v) is 57.7. The Labute approximate surface area is 616 Å². The van der Waals surface area contributed by atoms with Crippen molar-refractivity contribution in [3.8, 4) is 124 Å². The summed E-state index contributed by atoms with van der Waals surface area (Å²) in [6.07, 6.45) is 0. The number of hydrogen-bond acceptors (Lipinski definition) is 6. The van der Waals surface area contributed by atoms with Gasteiger partial charge in [-0.1, -0.05) is 303 Å². The molecule has 0 N–H and O–H groups in total. The molecular formula is C99H60N8. The molecule has 20 aromatic rings. The zero-order chi connectivity index (χ0) is 70.3. The van der Waals surface area contributed by atoms with Gasteiger partial charge in [0.2, 0.25) is 0 Å². The van der Waals surface area contributed by atoms with Gasteiger partial charge in [-0.2, -0.15) is 0 Å². The second-order valence-electron chi connectivity index (χ2n) is 28.0. The van der Waals surface area contributed by atoms with Crippen molar-refractivity contribution >= 4 is 65.2 Å². The Kier molecular flexibility index (Phi) is 13.4. The summed E-state index contributed by atoms with van der Waals surface area (Å²) in [6, 6.07) is 131. The molecule has 8 nitrogen and oxygen atoms in total.